The zero-order valence-electron chi connectivity index (χ0n) is 19.2. The molecule has 0 aliphatic heterocycles. The van der Waals surface area contributed by atoms with E-state index in [-0.39, 0.29) is 30.7 Å². The normalized spacial score (nSPS) is 12.9. The highest BCUT2D eigenvalue weighted by Gasteiger charge is 2.31. The third-order valence-electron chi connectivity index (χ3n) is 5.84. The van der Waals surface area contributed by atoms with E-state index in [2.05, 4.69) is 10.6 Å². The Hall–Kier alpha value is -3.13. The highest BCUT2D eigenvalue weighted by molar-refractivity contribution is 7.19. The van der Waals surface area contributed by atoms with Crippen molar-refractivity contribution in [2.45, 2.75) is 59.5 Å². The highest BCUT2D eigenvalue weighted by atomic mass is 32.1. The van der Waals surface area contributed by atoms with E-state index >= 15 is 0 Å². The van der Waals surface area contributed by atoms with Crippen molar-refractivity contribution in [2.75, 3.05) is 11.9 Å². The number of thiophene rings is 1. The molecular formula is C25H29N3O4S. The molecule has 0 unspecified atom stereocenters. The Kier molecular flexibility index (Phi) is 6.83. The van der Waals surface area contributed by atoms with Gasteiger partial charge < -0.3 is 19.9 Å². The fraction of sp³-hybridized carbons (Fsp3) is 0.400. The van der Waals surface area contributed by atoms with E-state index in [4.69, 9.17) is 4.74 Å². The molecule has 0 radical (unpaired) electrons. The molecule has 2 heterocycles. The van der Waals surface area contributed by atoms with Gasteiger partial charge in [-0.05, 0) is 50.7 Å². The van der Waals surface area contributed by atoms with E-state index in [0.29, 0.717) is 12.2 Å². The van der Waals surface area contributed by atoms with E-state index in [0.717, 1.165) is 47.0 Å². The predicted octanol–water partition coefficient (Wildman–Crippen LogP) is 4.34. The molecule has 1 aliphatic carbocycles. The first-order valence-electron chi connectivity index (χ1n) is 11.3. The van der Waals surface area contributed by atoms with Crippen LogP contribution in [0.4, 0.5) is 5.69 Å². The van der Waals surface area contributed by atoms with Crippen LogP contribution in [0, 0.1) is 6.92 Å². The minimum Gasteiger partial charge on any atom is -0.461 e. The number of amides is 2. The van der Waals surface area contributed by atoms with Crippen molar-refractivity contribution in [2.24, 2.45) is 0 Å². The Morgan fingerprint density at radius 3 is 2.55 bits per heavy atom. The Morgan fingerprint density at radius 1 is 1.12 bits per heavy atom. The summed E-state index contributed by atoms with van der Waals surface area (Å²) in [5.41, 5.74) is 4.02. The molecule has 1 aromatic carbocycles. The number of fused-ring (bicyclic) bond motifs is 3. The van der Waals surface area contributed by atoms with E-state index in [1.165, 1.54) is 17.4 Å². The van der Waals surface area contributed by atoms with Crippen LogP contribution in [0.15, 0.2) is 24.3 Å². The van der Waals surface area contributed by atoms with Crippen LogP contribution in [-0.2, 0) is 40.3 Å². The number of hydrogen-bond acceptors (Lipinski definition) is 5. The summed E-state index contributed by atoms with van der Waals surface area (Å²) < 4.78 is 7.03. The monoisotopic (exact) mass is 467 g/mol. The van der Waals surface area contributed by atoms with Gasteiger partial charge in [-0.15, -0.1) is 11.3 Å². The average Bonchev–Trinajstić information content (AvgIpc) is 3.29. The Labute approximate surface area is 197 Å². The fourth-order valence-electron chi connectivity index (χ4n) is 4.32. The predicted molar refractivity (Wildman–Crippen MR) is 130 cm³/mol. The number of aromatic nitrogens is 1. The fourth-order valence-corrected chi connectivity index (χ4v) is 5.72. The lowest BCUT2D eigenvalue weighted by Crippen LogP contribution is -2.28. The molecule has 1 aliphatic rings. The molecule has 0 saturated heterocycles. The molecule has 0 bridgehead atoms. The first-order chi connectivity index (χ1) is 15.9. The van der Waals surface area contributed by atoms with Crippen LogP contribution < -0.4 is 10.6 Å². The second kappa shape index (κ2) is 9.79. The van der Waals surface area contributed by atoms with E-state index in [1.807, 2.05) is 31.2 Å². The third-order valence-corrected chi connectivity index (χ3v) is 7.15. The van der Waals surface area contributed by atoms with Gasteiger partial charge in [-0.3, -0.25) is 9.59 Å². The summed E-state index contributed by atoms with van der Waals surface area (Å²) in [5.74, 6) is -1.02. The number of carbonyl (C=O) groups excluding carboxylic acids is 3. The van der Waals surface area contributed by atoms with Gasteiger partial charge in [0.25, 0.3) is 0 Å². The maximum Gasteiger partial charge on any atom is 0.357 e. The summed E-state index contributed by atoms with van der Waals surface area (Å²) in [5, 5.41) is 6.68. The summed E-state index contributed by atoms with van der Waals surface area (Å²) in [6, 6.07) is 7.98. The molecule has 4 rings (SSSR count). The lowest BCUT2D eigenvalue weighted by Gasteiger charge is -2.14. The van der Waals surface area contributed by atoms with Crippen LogP contribution in [0.1, 0.15) is 58.7 Å². The molecule has 2 N–H and O–H groups in total. The number of carbonyl (C=O) groups is 3. The average molecular weight is 468 g/mol. The van der Waals surface area contributed by atoms with E-state index in [9.17, 15) is 14.4 Å². The first-order valence-corrected chi connectivity index (χ1v) is 12.1. The number of nitrogens with one attached hydrogen (secondary N) is 2. The molecule has 0 atom stereocenters. The zero-order chi connectivity index (χ0) is 23.5. The molecule has 0 spiro atoms. The number of esters is 1. The van der Waals surface area contributed by atoms with Crippen LogP contribution in [0.2, 0.25) is 0 Å². The standard InChI is InChI=1S/C25H29N3O4S/c1-4-32-25(31)23-22(27-16(3)29)21-18-7-5-6-8-19(18)33-24(21)28(23)14-20(30)26-13-17-11-9-15(2)10-12-17/h9-12H,4-8,13-14H2,1-3H3,(H,26,30)(H,27,29). The molecule has 3 aromatic rings. The summed E-state index contributed by atoms with van der Waals surface area (Å²) in [6.45, 7) is 5.75. The van der Waals surface area contributed by atoms with Crippen LogP contribution >= 0.6 is 11.3 Å². The number of anilines is 1. The van der Waals surface area contributed by atoms with Gasteiger partial charge in [-0.25, -0.2) is 4.79 Å². The zero-order valence-corrected chi connectivity index (χ0v) is 20.1. The highest BCUT2D eigenvalue weighted by Crippen LogP contribution is 2.44. The van der Waals surface area contributed by atoms with Gasteiger partial charge in [-0.2, -0.15) is 0 Å². The summed E-state index contributed by atoms with van der Waals surface area (Å²) in [6.07, 6.45) is 4.05. The molecular weight excluding hydrogens is 438 g/mol. The van der Waals surface area contributed by atoms with Crippen molar-refractivity contribution in [3.63, 3.8) is 0 Å². The molecule has 7 nitrogen and oxygen atoms in total. The van der Waals surface area contributed by atoms with Crippen molar-refractivity contribution in [1.82, 2.24) is 9.88 Å². The van der Waals surface area contributed by atoms with Crippen molar-refractivity contribution in [3.8, 4) is 0 Å². The second-order valence-corrected chi connectivity index (χ2v) is 9.45. The van der Waals surface area contributed by atoms with Gasteiger partial charge in [0.05, 0.1) is 12.3 Å². The summed E-state index contributed by atoms with van der Waals surface area (Å²) >= 11 is 1.61. The Morgan fingerprint density at radius 2 is 1.85 bits per heavy atom. The number of rotatable bonds is 7. The minimum atomic E-state index is -0.541. The second-order valence-electron chi connectivity index (χ2n) is 8.36. The minimum absolute atomic E-state index is 0.0323. The van der Waals surface area contributed by atoms with Crippen molar-refractivity contribution >= 4 is 45.0 Å². The van der Waals surface area contributed by atoms with E-state index < -0.39 is 5.97 Å². The lowest BCUT2D eigenvalue weighted by molar-refractivity contribution is -0.121. The molecule has 8 heteroatoms. The SMILES string of the molecule is CCOC(=O)c1c(NC(C)=O)c2c3c(sc2n1CC(=O)NCc1ccc(C)cc1)CCCC3. The van der Waals surface area contributed by atoms with Crippen LogP contribution in [0.5, 0.6) is 0 Å². The largest absolute Gasteiger partial charge is 0.461 e. The van der Waals surface area contributed by atoms with Crippen LogP contribution in [0.3, 0.4) is 0 Å². The van der Waals surface area contributed by atoms with Crippen molar-refractivity contribution in [3.05, 3.63) is 51.5 Å². The summed E-state index contributed by atoms with van der Waals surface area (Å²) in [4.78, 5) is 40.1. The Balaban J connectivity index is 1.73. The van der Waals surface area contributed by atoms with Crippen molar-refractivity contribution < 1.29 is 19.1 Å². The first kappa shape index (κ1) is 23.0. The molecule has 2 amide bonds. The van der Waals surface area contributed by atoms with Crippen LogP contribution in [-0.4, -0.2) is 29.0 Å². The maximum atomic E-state index is 13.0. The van der Waals surface area contributed by atoms with E-state index in [1.54, 1.807) is 22.8 Å². The molecule has 0 fully saturated rings. The quantitative estimate of drug-likeness (QED) is 0.506. The van der Waals surface area contributed by atoms with Gasteiger partial charge >= 0.3 is 5.97 Å². The van der Waals surface area contributed by atoms with Gasteiger partial charge in [0.2, 0.25) is 11.8 Å². The lowest BCUT2D eigenvalue weighted by atomic mass is 9.96. The maximum absolute atomic E-state index is 13.0. The van der Waals surface area contributed by atoms with Crippen molar-refractivity contribution in [1.29, 1.82) is 0 Å². The molecule has 0 saturated carbocycles. The molecule has 2 aromatic heterocycles. The smallest absolute Gasteiger partial charge is 0.357 e. The van der Waals surface area contributed by atoms with Gasteiger partial charge in [-0.1, -0.05) is 29.8 Å². The van der Waals surface area contributed by atoms with Crippen LogP contribution in [0.25, 0.3) is 10.2 Å². The number of nitrogens with zero attached hydrogens (tertiary/aromatic N) is 1. The number of ether oxygens (including phenoxy) is 1. The molecule has 33 heavy (non-hydrogen) atoms. The Bertz CT molecular complexity index is 1210. The summed E-state index contributed by atoms with van der Waals surface area (Å²) in [7, 11) is 0. The van der Waals surface area contributed by atoms with Gasteiger partial charge in [0.1, 0.15) is 11.4 Å². The van der Waals surface area contributed by atoms with Gasteiger partial charge in [0.15, 0.2) is 5.69 Å². The number of benzene rings is 1. The topological polar surface area (TPSA) is 89.4 Å². The third kappa shape index (κ3) is 4.80. The number of aryl methyl sites for hydroxylation is 3. The molecule has 174 valence electrons. The number of hydrogen-bond donors (Lipinski definition) is 2. The van der Waals surface area contributed by atoms with Gasteiger partial charge in [0, 0.05) is 23.7 Å².